The molecule has 1 nitrogen and oxygen atoms in total. The average molecular weight is 381 g/mol. The first-order chi connectivity index (χ1) is 11.2. The van der Waals surface area contributed by atoms with Crippen LogP contribution < -0.4 is 17.3 Å². The lowest BCUT2D eigenvalue weighted by molar-refractivity contribution is -0.899. The first kappa shape index (κ1) is 19.2. The molecule has 0 bridgehead atoms. The van der Waals surface area contributed by atoms with Crippen LogP contribution in [0.4, 0.5) is 0 Å². The summed E-state index contributed by atoms with van der Waals surface area (Å²) < 4.78 is 0. The van der Waals surface area contributed by atoms with Gasteiger partial charge in [-0.25, -0.2) is 0 Å². The molecule has 0 radical (unpaired) electrons. The van der Waals surface area contributed by atoms with Gasteiger partial charge in [-0.1, -0.05) is 59.5 Å². The minimum atomic E-state index is 0. The molecule has 2 unspecified atom stereocenters. The summed E-state index contributed by atoms with van der Waals surface area (Å²) in [6.45, 7) is 3.25. The number of benzene rings is 2. The summed E-state index contributed by atoms with van der Waals surface area (Å²) in [4.78, 5) is 1.57. The standard InChI is InChI=1S/C20H19Cl2N.ClH/c21-19-11-10-16(14-20(19)22)6-4-12-23-13-5-9-18(15-23)17-7-2-1-3-8-17;/h1-3,7-8,10-11,14,18H,5,9,12-13,15H2;1H. The number of piperidine rings is 1. The second-order valence-corrected chi connectivity index (χ2v) is 6.88. The Kier molecular flexibility index (Phi) is 7.46. The number of hydrogen-bond donors (Lipinski definition) is 1. The molecule has 0 aromatic heterocycles. The van der Waals surface area contributed by atoms with Gasteiger partial charge >= 0.3 is 0 Å². The lowest BCUT2D eigenvalue weighted by Crippen LogP contribution is -3.13. The van der Waals surface area contributed by atoms with Crippen LogP contribution >= 0.6 is 23.2 Å². The molecule has 4 heteroatoms. The Hall–Kier alpha value is -1.17. The second kappa shape index (κ2) is 9.35. The van der Waals surface area contributed by atoms with Gasteiger partial charge in [-0.2, -0.15) is 0 Å². The molecule has 2 aromatic carbocycles. The molecular weight excluding hydrogens is 361 g/mol. The summed E-state index contributed by atoms with van der Waals surface area (Å²) >= 11 is 11.9. The van der Waals surface area contributed by atoms with E-state index in [-0.39, 0.29) is 12.4 Å². The summed E-state index contributed by atoms with van der Waals surface area (Å²) in [6.07, 6.45) is 2.55. The van der Waals surface area contributed by atoms with Crippen molar-refractivity contribution in [2.75, 3.05) is 19.6 Å². The van der Waals surface area contributed by atoms with Crippen LogP contribution in [0, 0.1) is 11.8 Å². The molecular formula is C20H20Cl3N. The van der Waals surface area contributed by atoms with Crippen molar-refractivity contribution in [3.8, 4) is 11.8 Å². The number of halogens is 3. The molecule has 0 spiro atoms. The minimum absolute atomic E-state index is 0. The fraction of sp³-hybridized carbons (Fsp3) is 0.300. The Labute approximate surface area is 160 Å². The maximum absolute atomic E-state index is 6.02. The SMILES string of the molecule is Clc1ccc(C#CC[NH+]2CCCC(c3ccccc3)C2)cc1Cl.[Cl-]. The van der Waals surface area contributed by atoms with Crippen molar-refractivity contribution in [3.05, 3.63) is 69.7 Å². The van der Waals surface area contributed by atoms with Crippen molar-refractivity contribution in [3.63, 3.8) is 0 Å². The van der Waals surface area contributed by atoms with E-state index in [2.05, 4.69) is 42.2 Å². The molecule has 2 atom stereocenters. The van der Waals surface area contributed by atoms with Gasteiger partial charge in [0.15, 0.2) is 0 Å². The predicted molar refractivity (Wildman–Crippen MR) is 97.3 cm³/mol. The number of hydrogen-bond acceptors (Lipinski definition) is 0. The van der Waals surface area contributed by atoms with E-state index in [9.17, 15) is 0 Å². The molecule has 1 fully saturated rings. The van der Waals surface area contributed by atoms with E-state index in [1.165, 1.54) is 31.5 Å². The van der Waals surface area contributed by atoms with Gasteiger partial charge in [-0.05, 0) is 42.5 Å². The van der Waals surface area contributed by atoms with E-state index < -0.39 is 0 Å². The third-order valence-electron chi connectivity index (χ3n) is 4.38. The maximum Gasteiger partial charge on any atom is 0.139 e. The fourth-order valence-electron chi connectivity index (χ4n) is 3.17. The molecule has 0 amide bonds. The predicted octanol–water partition coefficient (Wildman–Crippen LogP) is 0.811. The highest BCUT2D eigenvalue weighted by Gasteiger charge is 2.23. The van der Waals surface area contributed by atoms with Crippen molar-refractivity contribution in [2.45, 2.75) is 18.8 Å². The van der Waals surface area contributed by atoms with Crippen LogP contribution in [0.3, 0.4) is 0 Å². The first-order valence-corrected chi connectivity index (χ1v) is 8.80. The Morgan fingerprint density at radius 3 is 2.58 bits per heavy atom. The lowest BCUT2D eigenvalue weighted by atomic mass is 9.91. The molecule has 0 saturated carbocycles. The van der Waals surface area contributed by atoms with Crippen LogP contribution in [0.2, 0.25) is 10.0 Å². The van der Waals surface area contributed by atoms with Gasteiger partial charge in [0.05, 0.1) is 23.1 Å². The maximum atomic E-state index is 6.02. The molecule has 0 aliphatic carbocycles. The van der Waals surface area contributed by atoms with E-state index >= 15 is 0 Å². The molecule has 24 heavy (non-hydrogen) atoms. The van der Waals surface area contributed by atoms with E-state index in [0.29, 0.717) is 16.0 Å². The number of likely N-dealkylation sites (tertiary alicyclic amines) is 1. The Morgan fingerprint density at radius 2 is 1.83 bits per heavy atom. The fourth-order valence-corrected chi connectivity index (χ4v) is 3.46. The zero-order valence-corrected chi connectivity index (χ0v) is 15.6. The number of nitrogens with one attached hydrogen (secondary N) is 1. The Morgan fingerprint density at radius 1 is 1.04 bits per heavy atom. The van der Waals surface area contributed by atoms with E-state index in [0.717, 1.165) is 12.1 Å². The van der Waals surface area contributed by atoms with Gasteiger partial charge in [0.2, 0.25) is 0 Å². The van der Waals surface area contributed by atoms with Crippen molar-refractivity contribution in [2.24, 2.45) is 0 Å². The van der Waals surface area contributed by atoms with Crippen molar-refractivity contribution >= 4 is 23.2 Å². The number of quaternary nitrogens is 1. The largest absolute Gasteiger partial charge is 1.00 e. The van der Waals surface area contributed by atoms with Crippen LogP contribution in [0.15, 0.2) is 48.5 Å². The van der Waals surface area contributed by atoms with Crippen LogP contribution in [0.5, 0.6) is 0 Å². The van der Waals surface area contributed by atoms with Crippen LogP contribution in [-0.2, 0) is 0 Å². The second-order valence-electron chi connectivity index (χ2n) is 6.06. The molecule has 1 saturated heterocycles. The van der Waals surface area contributed by atoms with Crippen molar-refractivity contribution < 1.29 is 17.3 Å². The molecule has 126 valence electrons. The highest BCUT2D eigenvalue weighted by atomic mass is 35.5. The summed E-state index contributed by atoms with van der Waals surface area (Å²) in [5, 5.41) is 1.14. The first-order valence-electron chi connectivity index (χ1n) is 8.05. The third-order valence-corrected chi connectivity index (χ3v) is 5.12. The highest BCUT2D eigenvalue weighted by molar-refractivity contribution is 6.42. The van der Waals surface area contributed by atoms with Crippen molar-refractivity contribution in [1.82, 2.24) is 0 Å². The Bertz CT molecular complexity index is 719. The lowest BCUT2D eigenvalue weighted by Gasteiger charge is -2.28. The molecule has 1 heterocycles. The summed E-state index contributed by atoms with van der Waals surface area (Å²) in [6, 6.07) is 16.4. The number of rotatable bonds is 2. The van der Waals surface area contributed by atoms with Gasteiger partial charge in [-0.15, -0.1) is 0 Å². The average Bonchev–Trinajstić information content (AvgIpc) is 2.59. The summed E-state index contributed by atoms with van der Waals surface area (Å²) in [7, 11) is 0. The van der Waals surface area contributed by atoms with E-state index in [1.54, 1.807) is 11.0 Å². The van der Waals surface area contributed by atoms with E-state index in [1.807, 2.05) is 12.1 Å². The van der Waals surface area contributed by atoms with E-state index in [4.69, 9.17) is 23.2 Å². The topological polar surface area (TPSA) is 4.44 Å². The minimum Gasteiger partial charge on any atom is -1.00 e. The molecule has 3 rings (SSSR count). The smallest absolute Gasteiger partial charge is 0.139 e. The molecule has 2 aromatic rings. The monoisotopic (exact) mass is 379 g/mol. The van der Waals surface area contributed by atoms with Gasteiger partial charge in [-0.3, -0.25) is 0 Å². The normalized spacial score (nSPS) is 19.8. The Balaban J connectivity index is 0.00000208. The van der Waals surface area contributed by atoms with Crippen LogP contribution in [0.1, 0.15) is 29.9 Å². The zero-order chi connectivity index (χ0) is 16.1. The van der Waals surface area contributed by atoms with Gasteiger partial charge in [0.25, 0.3) is 0 Å². The zero-order valence-electron chi connectivity index (χ0n) is 13.4. The molecule has 1 aliphatic rings. The summed E-state index contributed by atoms with van der Waals surface area (Å²) in [5.74, 6) is 7.16. The summed E-state index contributed by atoms with van der Waals surface area (Å²) in [5.41, 5.74) is 2.39. The quantitative estimate of drug-likeness (QED) is 0.736. The van der Waals surface area contributed by atoms with Crippen LogP contribution in [-0.4, -0.2) is 19.6 Å². The van der Waals surface area contributed by atoms with Crippen molar-refractivity contribution in [1.29, 1.82) is 0 Å². The highest BCUT2D eigenvalue weighted by Crippen LogP contribution is 2.22. The molecule has 1 aliphatic heterocycles. The van der Waals surface area contributed by atoms with Gasteiger partial charge in [0.1, 0.15) is 6.54 Å². The van der Waals surface area contributed by atoms with Gasteiger partial charge < -0.3 is 17.3 Å². The third kappa shape index (κ3) is 5.16. The molecule has 1 N–H and O–H groups in total. The van der Waals surface area contributed by atoms with Gasteiger partial charge in [0, 0.05) is 11.5 Å². The van der Waals surface area contributed by atoms with Crippen LogP contribution in [0.25, 0.3) is 0 Å².